The molecule has 5 nitrogen and oxygen atoms in total. The van der Waals surface area contributed by atoms with Crippen LogP contribution in [-0.4, -0.2) is 54.6 Å². The van der Waals surface area contributed by atoms with Crippen molar-refractivity contribution < 1.29 is 4.79 Å². The lowest BCUT2D eigenvalue weighted by Crippen LogP contribution is -2.46. The third-order valence-corrected chi connectivity index (χ3v) is 5.59. The number of hydrogen-bond acceptors (Lipinski definition) is 3. The van der Waals surface area contributed by atoms with Gasteiger partial charge in [0.25, 0.3) is 5.91 Å². The van der Waals surface area contributed by atoms with Crippen LogP contribution in [0, 0.1) is 13.8 Å². The molecule has 1 aliphatic carbocycles. The van der Waals surface area contributed by atoms with E-state index >= 15 is 0 Å². The molecule has 1 saturated heterocycles. The van der Waals surface area contributed by atoms with Crippen LogP contribution >= 0.6 is 0 Å². The van der Waals surface area contributed by atoms with E-state index < -0.39 is 0 Å². The monoisotopic (exact) mass is 332 g/mol. The van der Waals surface area contributed by atoms with Crippen molar-refractivity contribution in [2.75, 3.05) is 39.3 Å². The predicted octanol–water partition coefficient (Wildman–Crippen LogP) is 2.25. The summed E-state index contributed by atoms with van der Waals surface area (Å²) in [6.07, 6.45) is 6.48. The van der Waals surface area contributed by atoms with Crippen LogP contribution < -0.4 is 10.6 Å². The Morgan fingerprint density at radius 3 is 2.62 bits per heavy atom. The maximum absolute atomic E-state index is 12.6. The zero-order valence-electron chi connectivity index (χ0n) is 15.2. The number of piperazine rings is 1. The van der Waals surface area contributed by atoms with E-state index in [0.717, 1.165) is 50.5 Å². The van der Waals surface area contributed by atoms with Gasteiger partial charge < -0.3 is 15.2 Å². The minimum absolute atomic E-state index is 0.0836. The Kier molecular flexibility index (Phi) is 5.95. The maximum atomic E-state index is 12.6. The van der Waals surface area contributed by atoms with Crippen LogP contribution in [0.15, 0.2) is 6.07 Å². The number of aryl methyl sites for hydroxylation is 1. The average molecular weight is 332 g/mol. The molecule has 0 unspecified atom stereocenters. The highest BCUT2D eigenvalue weighted by molar-refractivity contribution is 5.95. The summed E-state index contributed by atoms with van der Waals surface area (Å²) in [7, 11) is 0. The molecule has 0 spiro atoms. The highest BCUT2D eigenvalue weighted by Crippen LogP contribution is 2.32. The lowest BCUT2D eigenvalue weighted by atomic mass is 9.95. The third kappa shape index (κ3) is 4.01. The molecule has 1 aliphatic heterocycles. The molecule has 1 aromatic heterocycles. The van der Waals surface area contributed by atoms with Gasteiger partial charge in [0.1, 0.15) is 0 Å². The Morgan fingerprint density at radius 2 is 1.92 bits per heavy atom. The van der Waals surface area contributed by atoms with Gasteiger partial charge in [-0.1, -0.05) is 19.3 Å². The fourth-order valence-electron chi connectivity index (χ4n) is 4.27. The van der Waals surface area contributed by atoms with Crippen molar-refractivity contribution in [2.45, 2.75) is 52.0 Å². The summed E-state index contributed by atoms with van der Waals surface area (Å²) in [5.41, 5.74) is 3.23. The first-order chi connectivity index (χ1) is 11.7. The van der Waals surface area contributed by atoms with Crippen molar-refractivity contribution in [1.82, 2.24) is 20.1 Å². The van der Waals surface area contributed by atoms with E-state index in [9.17, 15) is 4.79 Å². The van der Waals surface area contributed by atoms with Crippen molar-refractivity contribution in [3.8, 4) is 0 Å². The van der Waals surface area contributed by atoms with E-state index in [1.54, 1.807) is 0 Å². The first kappa shape index (κ1) is 17.5. The van der Waals surface area contributed by atoms with Gasteiger partial charge in [-0.2, -0.15) is 0 Å². The number of amides is 1. The van der Waals surface area contributed by atoms with Crippen LogP contribution in [0.1, 0.15) is 59.9 Å². The van der Waals surface area contributed by atoms with Gasteiger partial charge in [0.2, 0.25) is 0 Å². The summed E-state index contributed by atoms with van der Waals surface area (Å²) in [5.74, 6) is 0.0836. The van der Waals surface area contributed by atoms with E-state index in [4.69, 9.17) is 0 Å². The van der Waals surface area contributed by atoms with Crippen LogP contribution in [0.3, 0.4) is 0 Å². The smallest absolute Gasteiger partial charge is 0.253 e. The molecule has 5 heteroatoms. The fourth-order valence-corrected chi connectivity index (χ4v) is 4.27. The molecule has 2 fully saturated rings. The maximum Gasteiger partial charge on any atom is 0.253 e. The molecular weight excluding hydrogens is 300 g/mol. The van der Waals surface area contributed by atoms with Crippen LogP contribution in [-0.2, 0) is 0 Å². The second kappa shape index (κ2) is 8.17. The molecule has 3 rings (SSSR count). The zero-order valence-corrected chi connectivity index (χ0v) is 15.2. The van der Waals surface area contributed by atoms with E-state index in [2.05, 4.69) is 40.0 Å². The molecular formula is C19H32N4O. The standard InChI is InChI=1S/C19H32N4O/c1-15-14-18(16(2)23(15)17-6-4-3-5-7-17)19(24)21-10-13-22-11-8-20-9-12-22/h14,17,20H,3-13H2,1-2H3,(H,21,24). The van der Waals surface area contributed by atoms with E-state index in [-0.39, 0.29) is 5.91 Å². The van der Waals surface area contributed by atoms with Crippen LogP contribution in [0.2, 0.25) is 0 Å². The lowest BCUT2D eigenvalue weighted by molar-refractivity contribution is 0.0946. The van der Waals surface area contributed by atoms with E-state index in [1.807, 2.05) is 0 Å². The Labute approximate surface area is 145 Å². The van der Waals surface area contributed by atoms with E-state index in [0.29, 0.717) is 6.04 Å². The van der Waals surface area contributed by atoms with Crippen molar-refractivity contribution in [2.24, 2.45) is 0 Å². The molecule has 24 heavy (non-hydrogen) atoms. The number of carbonyl (C=O) groups is 1. The predicted molar refractivity (Wildman–Crippen MR) is 97.7 cm³/mol. The van der Waals surface area contributed by atoms with Crippen molar-refractivity contribution in [3.63, 3.8) is 0 Å². The summed E-state index contributed by atoms with van der Waals surface area (Å²) >= 11 is 0. The van der Waals surface area contributed by atoms with Gasteiger partial charge in [-0.05, 0) is 32.8 Å². The van der Waals surface area contributed by atoms with Gasteiger partial charge >= 0.3 is 0 Å². The minimum Gasteiger partial charge on any atom is -0.351 e. The third-order valence-electron chi connectivity index (χ3n) is 5.59. The molecule has 1 aromatic rings. The molecule has 1 saturated carbocycles. The van der Waals surface area contributed by atoms with Crippen molar-refractivity contribution >= 4 is 5.91 Å². The highest BCUT2D eigenvalue weighted by Gasteiger charge is 2.22. The van der Waals surface area contributed by atoms with Crippen molar-refractivity contribution in [1.29, 1.82) is 0 Å². The SMILES string of the molecule is Cc1cc(C(=O)NCCN2CCNCC2)c(C)n1C1CCCCC1. The number of rotatable bonds is 5. The summed E-state index contributed by atoms with van der Waals surface area (Å²) < 4.78 is 2.41. The summed E-state index contributed by atoms with van der Waals surface area (Å²) in [5, 5.41) is 6.47. The number of aromatic nitrogens is 1. The molecule has 0 radical (unpaired) electrons. The van der Waals surface area contributed by atoms with Gasteiger partial charge in [0, 0.05) is 56.7 Å². The Bertz CT molecular complexity index is 554. The van der Waals surface area contributed by atoms with Crippen LogP contribution in [0.4, 0.5) is 0 Å². The number of nitrogens with one attached hydrogen (secondary N) is 2. The molecule has 2 aliphatic rings. The summed E-state index contributed by atoms with van der Waals surface area (Å²) in [6.45, 7) is 10.2. The largest absolute Gasteiger partial charge is 0.351 e. The Morgan fingerprint density at radius 1 is 1.21 bits per heavy atom. The van der Waals surface area contributed by atoms with Gasteiger partial charge in [-0.25, -0.2) is 0 Å². The van der Waals surface area contributed by atoms with Crippen molar-refractivity contribution in [3.05, 3.63) is 23.0 Å². The molecule has 134 valence electrons. The quantitative estimate of drug-likeness (QED) is 0.869. The Balaban J connectivity index is 1.58. The molecule has 0 bridgehead atoms. The van der Waals surface area contributed by atoms with Gasteiger partial charge in [-0.3, -0.25) is 9.69 Å². The zero-order chi connectivity index (χ0) is 16.9. The van der Waals surface area contributed by atoms with Crippen LogP contribution in [0.5, 0.6) is 0 Å². The lowest BCUT2D eigenvalue weighted by Gasteiger charge is -2.27. The number of nitrogens with zero attached hydrogens (tertiary/aromatic N) is 2. The first-order valence-electron chi connectivity index (χ1n) is 9.56. The molecule has 1 amide bonds. The normalized spacial score (nSPS) is 20.2. The Hall–Kier alpha value is -1.33. The average Bonchev–Trinajstić information content (AvgIpc) is 2.91. The molecule has 0 aromatic carbocycles. The summed E-state index contributed by atoms with van der Waals surface area (Å²) in [6, 6.07) is 2.66. The highest BCUT2D eigenvalue weighted by atomic mass is 16.1. The van der Waals surface area contributed by atoms with Gasteiger partial charge in [0.05, 0.1) is 5.56 Å². The number of hydrogen-bond donors (Lipinski definition) is 2. The molecule has 0 atom stereocenters. The van der Waals surface area contributed by atoms with Gasteiger partial charge in [0.15, 0.2) is 0 Å². The second-order valence-electron chi connectivity index (χ2n) is 7.29. The van der Waals surface area contributed by atoms with Crippen LogP contribution in [0.25, 0.3) is 0 Å². The fraction of sp³-hybridized carbons (Fsp3) is 0.737. The van der Waals surface area contributed by atoms with E-state index in [1.165, 1.54) is 37.8 Å². The molecule has 2 heterocycles. The number of carbonyl (C=O) groups excluding carboxylic acids is 1. The first-order valence-corrected chi connectivity index (χ1v) is 9.56. The topological polar surface area (TPSA) is 49.3 Å². The molecule has 2 N–H and O–H groups in total. The second-order valence-corrected chi connectivity index (χ2v) is 7.29. The minimum atomic E-state index is 0.0836. The summed E-state index contributed by atoms with van der Waals surface area (Å²) in [4.78, 5) is 15.0. The van der Waals surface area contributed by atoms with Gasteiger partial charge in [-0.15, -0.1) is 0 Å².